The molecular formula is C47H44Cl2FN7O8. The van der Waals surface area contributed by atoms with Crippen molar-refractivity contribution in [3.05, 3.63) is 123 Å². The van der Waals surface area contributed by atoms with E-state index in [0.29, 0.717) is 46.1 Å². The summed E-state index contributed by atoms with van der Waals surface area (Å²) in [4.78, 5) is 93.6. The second kappa shape index (κ2) is 17.6. The molecular weight excluding hydrogens is 880 g/mol. The summed E-state index contributed by atoms with van der Waals surface area (Å²) in [7, 11) is 0. The number of piperidine rings is 1. The van der Waals surface area contributed by atoms with E-state index in [2.05, 4.69) is 31.9 Å². The number of benzene rings is 4. The molecule has 4 unspecified atom stereocenters. The number of fused-ring (bicyclic) bond motifs is 4. The van der Waals surface area contributed by atoms with Crippen molar-refractivity contribution in [1.29, 1.82) is 0 Å². The van der Waals surface area contributed by atoms with Gasteiger partial charge in [0.1, 0.15) is 17.3 Å². The Balaban J connectivity index is 0.817. The molecule has 18 heteroatoms. The zero-order valence-electron chi connectivity index (χ0n) is 34.9. The smallest absolute Gasteiger partial charge is 0.264 e. The minimum atomic E-state index is -1.38. The van der Waals surface area contributed by atoms with E-state index in [1.807, 2.05) is 0 Å². The molecule has 7 amide bonds. The van der Waals surface area contributed by atoms with E-state index in [-0.39, 0.29) is 72.7 Å². The van der Waals surface area contributed by atoms with E-state index in [0.717, 1.165) is 24.2 Å². The summed E-state index contributed by atoms with van der Waals surface area (Å²) in [6.07, 6.45) is 3.78. The molecule has 5 aliphatic rings. The number of rotatable bonds is 12. The maximum atomic E-state index is 16.2. The van der Waals surface area contributed by atoms with Gasteiger partial charge in [0.05, 0.1) is 35.4 Å². The number of imide groups is 2. The van der Waals surface area contributed by atoms with Crippen LogP contribution in [0.15, 0.2) is 78.9 Å². The van der Waals surface area contributed by atoms with E-state index >= 15 is 4.39 Å². The van der Waals surface area contributed by atoms with Gasteiger partial charge >= 0.3 is 0 Å². The van der Waals surface area contributed by atoms with Crippen LogP contribution in [0.4, 0.5) is 21.5 Å². The highest BCUT2D eigenvalue weighted by Gasteiger charge is 2.72. The van der Waals surface area contributed by atoms with E-state index in [1.54, 1.807) is 66.7 Å². The van der Waals surface area contributed by atoms with Gasteiger partial charge in [0.25, 0.3) is 17.7 Å². The van der Waals surface area contributed by atoms with Crippen molar-refractivity contribution in [3.8, 4) is 0 Å². The van der Waals surface area contributed by atoms with Crippen LogP contribution < -0.4 is 31.9 Å². The molecule has 4 aliphatic heterocycles. The van der Waals surface area contributed by atoms with Crippen LogP contribution in [0.1, 0.15) is 93.1 Å². The van der Waals surface area contributed by atoms with Crippen molar-refractivity contribution in [2.75, 3.05) is 42.3 Å². The van der Waals surface area contributed by atoms with Gasteiger partial charge in [0, 0.05) is 58.6 Å². The minimum Gasteiger partial charge on any atom is -0.382 e. The number of hydrogen-bond acceptors (Lipinski definition) is 10. The fourth-order valence-corrected chi connectivity index (χ4v) is 10.9. The van der Waals surface area contributed by atoms with Crippen molar-refractivity contribution < 1.29 is 42.7 Å². The Morgan fingerprint density at radius 1 is 0.862 bits per heavy atom. The molecule has 4 aromatic carbocycles. The first-order chi connectivity index (χ1) is 31.3. The van der Waals surface area contributed by atoms with Crippen molar-refractivity contribution in [3.63, 3.8) is 0 Å². The van der Waals surface area contributed by atoms with Crippen LogP contribution in [-0.4, -0.2) is 90.2 Å². The molecule has 1 aliphatic carbocycles. The SMILES string of the molecule is O=C1CCC(N2C(=O)c3cccc(NCCOCCNC(=O)c4ccc(NC(=O)C5NC6(CCCCC6)C6(C(=O)Nc7cc(Cl)ccc76)C5c5cccc(Cl)c5F)cc4)c3C2=O)C(=O)N1. The molecule has 2 spiro atoms. The highest BCUT2D eigenvalue weighted by atomic mass is 35.5. The fourth-order valence-electron chi connectivity index (χ4n) is 10.5. The Kier molecular flexibility index (Phi) is 12.0. The number of amides is 7. The van der Waals surface area contributed by atoms with Crippen LogP contribution in [0.25, 0.3) is 0 Å². The highest BCUT2D eigenvalue weighted by Crippen LogP contribution is 2.63. The van der Waals surface area contributed by atoms with Gasteiger partial charge in [-0.3, -0.25) is 49.1 Å². The number of ether oxygens (including phenoxy) is 1. The van der Waals surface area contributed by atoms with Gasteiger partial charge in [0.2, 0.25) is 23.6 Å². The standard InChI is InChI=1S/C47H44Cl2FN7O8/c48-26-12-15-30-33(24-26)54-45(64)47(30)37(29-7-4-8-31(49)38(29)50)39(56-46(47)18-2-1-3-19-46)42(61)53-27-13-10-25(11-14-27)40(59)52-21-23-65-22-20-51-32-9-5-6-28-36(32)44(63)57(43(28)62)34-16-17-35(58)55-41(34)60/h4-15,24,34,37,39,51,56H,1-3,16-23H2,(H,52,59)(H,53,61)(H,54,64)(H,55,58,60). The first kappa shape index (κ1) is 44.0. The number of hydrogen-bond donors (Lipinski definition) is 6. The Hall–Kier alpha value is -6.20. The number of anilines is 3. The first-order valence-electron chi connectivity index (χ1n) is 21.5. The van der Waals surface area contributed by atoms with Crippen LogP contribution in [0.2, 0.25) is 10.0 Å². The summed E-state index contributed by atoms with van der Waals surface area (Å²) in [5.74, 6) is -5.27. The lowest BCUT2D eigenvalue weighted by molar-refractivity contribution is -0.136. The van der Waals surface area contributed by atoms with E-state index in [9.17, 15) is 33.6 Å². The molecule has 3 fully saturated rings. The molecule has 0 bridgehead atoms. The number of carbonyl (C=O) groups is 7. The summed E-state index contributed by atoms with van der Waals surface area (Å²) in [6, 6.07) is 18.8. The number of carbonyl (C=O) groups excluding carboxylic acids is 7. The maximum Gasteiger partial charge on any atom is 0.264 e. The van der Waals surface area contributed by atoms with Crippen molar-refractivity contribution >= 4 is 81.6 Å². The van der Waals surface area contributed by atoms with Gasteiger partial charge < -0.3 is 26.0 Å². The third-order valence-corrected chi connectivity index (χ3v) is 13.8. The van der Waals surface area contributed by atoms with E-state index in [1.165, 1.54) is 12.1 Å². The number of nitrogens with zero attached hydrogens (tertiary/aromatic N) is 1. The number of nitrogens with one attached hydrogen (secondary N) is 6. The molecule has 1 saturated carbocycles. The summed E-state index contributed by atoms with van der Waals surface area (Å²) in [5, 5.41) is 18.0. The topological polar surface area (TPSA) is 204 Å². The third-order valence-electron chi connectivity index (χ3n) is 13.3. The zero-order chi connectivity index (χ0) is 45.6. The average molecular weight is 925 g/mol. The highest BCUT2D eigenvalue weighted by molar-refractivity contribution is 6.31. The predicted molar refractivity (Wildman–Crippen MR) is 238 cm³/mol. The monoisotopic (exact) mass is 923 g/mol. The minimum absolute atomic E-state index is 0.0218. The molecule has 2 saturated heterocycles. The van der Waals surface area contributed by atoms with E-state index < -0.39 is 64.3 Å². The summed E-state index contributed by atoms with van der Waals surface area (Å²) < 4.78 is 21.9. The van der Waals surface area contributed by atoms with Crippen LogP contribution >= 0.6 is 23.2 Å². The van der Waals surface area contributed by atoms with Crippen LogP contribution in [-0.2, 0) is 29.3 Å². The first-order valence-corrected chi connectivity index (χ1v) is 22.3. The molecule has 9 rings (SSSR count). The summed E-state index contributed by atoms with van der Waals surface area (Å²) in [6.45, 7) is 0.797. The summed E-state index contributed by atoms with van der Waals surface area (Å²) >= 11 is 12.7. The van der Waals surface area contributed by atoms with Crippen LogP contribution in [0, 0.1) is 5.82 Å². The third kappa shape index (κ3) is 7.61. The lowest BCUT2D eigenvalue weighted by Gasteiger charge is -2.47. The van der Waals surface area contributed by atoms with Crippen molar-refractivity contribution in [2.24, 2.45) is 0 Å². The van der Waals surface area contributed by atoms with Gasteiger partial charge in [-0.1, -0.05) is 66.7 Å². The second-order valence-electron chi connectivity index (χ2n) is 16.9. The Bertz CT molecular complexity index is 2660. The van der Waals surface area contributed by atoms with E-state index in [4.69, 9.17) is 27.9 Å². The van der Waals surface area contributed by atoms with Crippen LogP contribution in [0.3, 0.4) is 0 Å². The van der Waals surface area contributed by atoms with Crippen molar-refractivity contribution in [2.45, 2.75) is 73.9 Å². The molecule has 4 aromatic rings. The predicted octanol–water partition coefficient (Wildman–Crippen LogP) is 5.68. The largest absolute Gasteiger partial charge is 0.382 e. The van der Waals surface area contributed by atoms with Crippen LogP contribution in [0.5, 0.6) is 0 Å². The molecule has 15 nitrogen and oxygen atoms in total. The zero-order valence-corrected chi connectivity index (χ0v) is 36.4. The van der Waals surface area contributed by atoms with Gasteiger partial charge in [-0.05, 0) is 85.0 Å². The lowest BCUT2D eigenvalue weighted by atomic mass is 9.55. The molecule has 336 valence electrons. The molecule has 0 radical (unpaired) electrons. The molecule has 4 atom stereocenters. The Morgan fingerprint density at radius 2 is 1.62 bits per heavy atom. The lowest BCUT2D eigenvalue weighted by Crippen LogP contribution is -2.60. The quantitative estimate of drug-likeness (QED) is 0.0758. The normalized spacial score (nSPS) is 23.0. The average Bonchev–Trinajstić information content (AvgIpc) is 3.85. The Morgan fingerprint density at radius 3 is 2.38 bits per heavy atom. The molecule has 65 heavy (non-hydrogen) atoms. The molecule has 6 N–H and O–H groups in total. The van der Waals surface area contributed by atoms with Gasteiger partial charge in [0.15, 0.2) is 0 Å². The van der Waals surface area contributed by atoms with Gasteiger partial charge in [-0.25, -0.2) is 4.39 Å². The summed E-state index contributed by atoms with van der Waals surface area (Å²) in [5.41, 5.74) is 0.443. The van der Waals surface area contributed by atoms with Gasteiger partial charge in [-0.15, -0.1) is 0 Å². The Labute approximate surface area is 382 Å². The molecule has 4 heterocycles. The second-order valence-corrected chi connectivity index (χ2v) is 17.7. The fraction of sp³-hybridized carbons (Fsp3) is 0.340. The maximum absolute atomic E-state index is 16.2. The molecule has 0 aromatic heterocycles. The number of halogens is 3. The van der Waals surface area contributed by atoms with Gasteiger partial charge in [-0.2, -0.15) is 0 Å². The van der Waals surface area contributed by atoms with Crippen molar-refractivity contribution in [1.82, 2.24) is 20.9 Å².